The largest absolute Gasteiger partial charge is 0.345 e. The zero-order valence-corrected chi connectivity index (χ0v) is 23.2. The van der Waals surface area contributed by atoms with Gasteiger partial charge in [-0.1, -0.05) is 47.3 Å². The van der Waals surface area contributed by atoms with E-state index in [0.29, 0.717) is 12.1 Å². The fraction of sp³-hybridized carbons (Fsp3) is 0.400. The number of halogens is 2. The SMILES string of the molecule is CC(C)N(CC(=O)N(Cc1cccn1Cc1ccc(Br)cc1)C1CCCCC1)C(=O)c1ccc(F)cc1. The van der Waals surface area contributed by atoms with Gasteiger partial charge >= 0.3 is 0 Å². The molecule has 1 saturated carbocycles. The van der Waals surface area contributed by atoms with Crippen molar-refractivity contribution in [1.29, 1.82) is 0 Å². The van der Waals surface area contributed by atoms with Crippen LogP contribution in [0.5, 0.6) is 0 Å². The number of rotatable bonds is 9. The molecule has 0 atom stereocenters. The second-order valence-corrected chi connectivity index (χ2v) is 11.0. The summed E-state index contributed by atoms with van der Waals surface area (Å²) in [5, 5.41) is 0. The van der Waals surface area contributed by atoms with Crippen LogP contribution in [-0.2, 0) is 17.9 Å². The van der Waals surface area contributed by atoms with E-state index in [1.807, 2.05) is 36.9 Å². The Morgan fingerprint density at radius 1 is 1.00 bits per heavy atom. The molecule has 1 aromatic heterocycles. The first kappa shape index (κ1) is 27.1. The molecule has 0 unspecified atom stereocenters. The molecule has 0 aliphatic heterocycles. The molecule has 1 aliphatic carbocycles. The molecule has 0 spiro atoms. The van der Waals surface area contributed by atoms with Crippen LogP contribution >= 0.6 is 15.9 Å². The van der Waals surface area contributed by atoms with Crippen molar-refractivity contribution in [1.82, 2.24) is 14.4 Å². The van der Waals surface area contributed by atoms with Crippen LogP contribution in [0.25, 0.3) is 0 Å². The van der Waals surface area contributed by atoms with E-state index < -0.39 is 5.82 Å². The summed E-state index contributed by atoms with van der Waals surface area (Å²) in [6.45, 7) is 5.04. The third-order valence-electron chi connectivity index (χ3n) is 7.14. The Labute approximate surface area is 227 Å². The van der Waals surface area contributed by atoms with Crippen molar-refractivity contribution in [3.05, 3.63) is 94.0 Å². The van der Waals surface area contributed by atoms with Crippen LogP contribution in [0.1, 0.15) is 67.6 Å². The van der Waals surface area contributed by atoms with E-state index in [0.717, 1.165) is 42.4 Å². The number of hydrogen-bond donors (Lipinski definition) is 0. The second-order valence-electron chi connectivity index (χ2n) is 10.1. The molecule has 0 N–H and O–H groups in total. The lowest BCUT2D eigenvalue weighted by Crippen LogP contribution is -2.49. The summed E-state index contributed by atoms with van der Waals surface area (Å²) < 4.78 is 16.6. The topological polar surface area (TPSA) is 45.6 Å². The summed E-state index contributed by atoms with van der Waals surface area (Å²) in [6.07, 6.45) is 7.42. The molecule has 1 fully saturated rings. The molecular formula is C30H35BrFN3O2. The van der Waals surface area contributed by atoms with Gasteiger partial charge in [0.05, 0.1) is 6.54 Å². The van der Waals surface area contributed by atoms with Gasteiger partial charge in [0, 0.05) is 40.6 Å². The highest BCUT2D eigenvalue weighted by atomic mass is 79.9. The lowest BCUT2D eigenvalue weighted by atomic mass is 9.94. The highest BCUT2D eigenvalue weighted by Crippen LogP contribution is 2.25. The van der Waals surface area contributed by atoms with Gasteiger partial charge in [-0.3, -0.25) is 9.59 Å². The average molecular weight is 569 g/mol. The molecular weight excluding hydrogens is 533 g/mol. The Morgan fingerprint density at radius 3 is 2.32 bits per heavy atom. The molecule has 0 saturated heterocycles. The molecule has 3 aromatic rings. The first-order chi connectivity index (χ1) is 17.8. The average Bonchev–Trinajstić information content (AvgIpc) is 3.34. The number of hydrogen-bond acceptors (Lipinski definition) is 2. The molecule has 1 heterocycles. The standard InChI is InChI=1S/C30H35BrFN3O2/c1-22(2)34(30(37)24-12-16-26(32)17-13-24)21-29(36)35(27-7-4-3-5-8-27)20-28-9-6-18-33(28)19-23-10-14-25(31)15-11-23/h6,9-18,22,27H,3-5,7-8,19-21H2,1-2H3. The lowest BCUT2D eigenvalue weighted by molar-refractivity contribution is -0.136. The van der Waals surface area contributed by atoms with Crippen molar-refractivity contribution in [3.63, 3.8) is 0 Å². The van der Waals surface area contributed by atoms with E-state index in [4.69, 9.17) is 0 Å². The van der Waals surface area contributed by atoms with Crippen molar-refractivity contribution in [3.8, 4) is 0 Å². The van der Waals surface area contributed by atoms with Crippen molar-refractivity contribution in [2.45, 2.75) is 71.1 Å². The summed E-state index contributed by atoms with van der Waals surface area (Å²) >= 11 is 3.49. The van der Waals surface area contributed by atoms with Crippen molar-refractivity contribution >= 4 is 27.7 Å². The van der Waals surface area contributed by atoms with Gasteiger partial charge in [-0.05, 0) is 80.8 Å². The van der Waals surface area contributed by atoms with E-state index in [9.17, 15) is 14.0 Å². The van der Waals surface area contributed by atoms with Gasteiger partial charge in [0.2, 0.25) is 5.91 Å². The maximum atomic E-state index is 13.8. The van der Waals surface area contributed by atoms with Gasteiger partial charge in [-0.25, -0.2) is 4.39 Å². The quantitative estimate of drug-likeness (QED) is 0.290. The van der Waals surface area contributed by atoms with Crippen LogP contribution < -0.4 is 0 Å². The van der Waals surface area contributed by atoms with E-state index >= 15 is 0 Å². The normalized spacial score (nSPS) is 14.1. The third kappa shape index (κ3) is 7.10. The maximum Gasteiger partial charge on any atom is 0.254 e. The van der Waals surface area contributed by atoms with Crippen molar-refractivity contribution in [2.75, 3.05) is 6.54 Å². The molecule has 5 nitrogen and oxygen atoms in total. The van der Waals surface area contributed by atoms with Gasteiger partial charge in [0.15, 0.2) is 0 Å². The van der Waals surface area contributed by atoms with Crippen LogP contribution in [0, 0.1) is 5.82 Å². The van der Waals surface area contributed by atoms with E-state index in [-0.39, 0.29) is 30.4 Å². The van der Waals surface area contributed by atoms with E-state index in [2.05, 4.69) is 44.9 Å². The summed E-state index contributed by atoms with van der Waals surface area (Å²) in [4.78, 5) is 30.7. The Hall–Kier alpha value is -2.93. The molecule has 0 radical (unpaired) electrons. The molecule has 196 valence electrons. The fourth-order valence-corrected chi connectivity index (χ4v) is 5.27. The van der Waals surface area contributed by atoms with Gasteiger partial charge in [-0.15, -0.1) is 0 Å². The van der Waals surface area contributed by atoms with E-state index in [1.54, 1.807) is 4.90 Å². The summed E-state index contributed by atoms with van der Waals surface area (Å²) in [7, 11) is 0. The zero-order chi connectivity index (χ0) is 26.4. The van der Waals surface area contributed by atoms with Crippen LogP contribution in [0.3, 0.4) is 0 Å². The molecule has 2 aromatic carbocycles. The lowest BCUT2D eigenvalue weighted by Gasteiger charge is -2.37. The van der Waals surface area contributed by atoms with Crippen molar-refractivity contribution in [2.24, 2.45) is 0 Å². The van der Waals surface area contributed by atoms with Crippen molar-refractivity contribution < 1.29 is 14.0 Å². The van der Waals surface area contributed by atoms with Gasteiger partial charge in [-0.2, -0.15) is 0 Å². The molecule has 7 heteroatoms. The highest BCUT2D eigenvalue weighted by molar-refractivity contribution is 9.10. The Balaban J connectivity index is 1.54. The first-order valence-electron chi connectivity index (χ1n) is 13.1. The minimum Gasteiger partial charge on any atom is -0.345 e. The van der Waals surface area contributed by atoms with Crippen LogP contribution in [-0.4, -0.2) is 44.8 Å². The van der Waals surface area contributed by atoms with Gasteiger partial charge < -0.3 is 14.4 Å². The molecule has 1 aliphatic rings. The second kappa shape index (κ2) is 12.5. The Morgan fingerprint density at radius 2 is 1.68 bits per heavy atom. The monoisotopic (exact) mass is 567 g/mol. The van der Waals surface area contributed by atoms with E-state index in [1.165, 1.54) is 36.2 Å². The number of benzene rings is 2. The number of aromatic nitrogens is 1. The molecule has 2 amide bonds. The summed E-state index contributed by atoms with van der Waals surface area (Å²) in [5.74, 6) is -0.698. The predicted octanol–water partition coefficient (Wildman–Crippen LogP) is 6.65. The summed E-state index contributed by atoms with van der Waals surface area (Å²) in [6, 6.07) is 17.9. The third-order valence-corrected chi connectivity index (χ3v) is 7.67. The highest BCUT2D eigenvalue weighted by Gasteiger charge is 2.30. The van der Waals surface area contributed by atoms with Crippen LogP contribution in [0.4, 0.5) is 4.39 Å². The van der Waals surface area contributed by atoms with Crippen LogP contribution in [0.15, 0.2) is 71.3 Å². The number of nitrogens with zero attached hydrogens (tertiary/aromatic N) is 3. The minimum absolute atomic E-state index is 0.00219. The first-order valence-corrected chi connectivity index (χ1v) is 13.9. The molecule has 37 heavy (non-hydrogen) atoms. The fourth-order valence-electron chi connectivity index (χ4n) is 5.01. The summed E-state index contributed by atoms with van der Waals surface area (Å²) in [5.41, 5.74) is 2.64. The van der Waals surface area contributed by atoms with Gasteiger partial charge in [0.25, 0.3) is 5.91 Å². The number of amides is 2. The Bertz CT molecular complexity index is 1180. The smallest absolute Gasteiger partial charge is 0.254 e. The zero-order valence-electron chi connectivity index (χ0n) is 21.6. The number of carbonyl (C=O) groups is 2. The minimum atomic E-state index is -0.390. The molecule has 0 bridgehead atoms. The van der Waals surface area contributed by atoms with Gasteiger partial charge in [0.1, 0.15) is 12.4 Å². The Kier molecular flexibility index (Phi) is 9.19. The predicted molar refractivity (Wildman–Crippen MR) is 148 cm³/mol. The maximum absolute atomic E-state index is 13.8. The molecule has 4 rings (SSSR count). The van der Waals surface area contributed by atoms with Crippen LogP contribution in [0.2, 0.25) is 0 Å². The number of carbonyl (C=O) groups excluding carboxylic acids is 2.